The number of carbonyl (C=O) groups is 1. The SMILES string of the molecule is CC(C)c1nc(NC(=O)[C@@H]2Oc3ccccc3[C@H]2C)n[nH]1. The van der Waals surface area contributed by atoms with Crippen molar-refractivity contribution in [1.82, 2.24) is 15.2 Å². The number of para-hydroxylation sites is 1. The lowest BCUT2D eigenvalue weighted by Gasteiger charge is -2.13. The van der Waals surface area contributed by atoms with E-state index in [1.807, 2.05) is 45.0 Å². The van der Waals surface area contributed by atoms with Gasteiger partial charge in [-0.2, -0.15) is 4.98 Å². The first-order valence-corrected chi connectivity index (χ1v) is 7.05. The van der Waals surface area contributed by atoms with E-state index >= 15 is 0 Å². The first-order chi connectivity index (χ1) is 10.1. The molecule has 3 rings (SSSR count). The van der Waals surface area contributed by atoms with E-state index in [2.05, 4.69) is 20.5 Å². The van der Waals surface area contributed by atoms with Crippen LogP contribution in [0.5, 0.6) is 5.75 Å². The molecule has 2 N–H and O–H groups in total. The number of ether oxygens (including phenoxy) is 1. The summed E-state index contributed by atoms with van der Waals surface area (Å²) in [5, 5.41) is 9.52. The molecule has 1 aromatic heterocycles. The van der Waals surface area contributed by atoms with Crippen LogP contribution in [0.25, 0.3) is 0 Å². The van der Waals surface area contributed by atoms with Gasteiger partial charge in [0.1, 0.15) is 11.6 Å². The van der Waals surface area contributed by atoms with Crippen LogP contribution in [0.15, 0.2) is 24.3 Å². The van der Waals surface area contributed by atoms with Crippen LogP contribution >= 0.6 is 0 Å². The molecule has 2 heterocycles. The minimum absolute atomic E-state index is 0.00436. The molecule has 6 heteroatoms. The molecule has 0 radical (unpaired) electrons. The second-order valence-electron chi connectivity index (χ2n) is 5.55. The number of aromatic nitrogens is 3. The van der Waals surface area contributed by atoms with Crippen LogP contribution in [-0.4, -0.2) is 27.2 Å². The zero-order valence-corrected chi connectivity index (χ0v) is 12.3. The summed E-state index contributed by atoms with van der Waals surface area (Å²) in [6, 6.07) is 7.71. The molecule has 0 unspecified atom stereocenters. The summed E-state index contributed by atoms with van der Waals surface area (Å²) < 4.78 is 5.73. The molecule has 1 aromatic carbocycles. The highest BCUT2D eigenvalue weighted by Gasteiger charge is 2.36. The summed E-state index contributed by atoms with van der Waals surface area (Å²) in [6.45, 7) is 5.99. The fraction of sp³-hybridized carbons (Fsp3) is 0.400. The maximum atomic E-state index is 12.3. The zero-order chi connectivity index (χ0) is 15.0. The Morgan fingerprint density at radius 2 is 2.14 bits per heavy atom. The normalized spacial score (nSPS) is 20.2. The Bertz CT molecular complexity index is 665. The molecule has 21 heavy (non-hydrogen) atoms. The van der Waals surface area contributed by atoms with Crippen molar-refractivity contribution < 1.29 is 9.53 Å². The van der Waals surface area contributed by atoms with Crippen molar-refractivity contribution in [3.05, 3.63) is 35.7 Å². The minimum atomic E-state index is -0.552. The van der Waals surface area contributed by atoms with Crippen molar-refractivity contribution in [1.29, 1.82) is 0 Å². The number of carbonyl (C=O) groups excluding carboxylic acids is 1. The third-order valence-corrected chi connectivity index (χ3v) is 3.66. The number of fused-ring (bicyclic) bond motifs is 1. The molecule has 110 valence electrons. The highest BCUT2D eigenvalue weighted by atomic mass is 16.5. The largest absolute Gasteiger partial charge is 0.480 e. The van der Waals surface area contributed by atoms with Gasteiger partial charge in [-0.25, -0.2) is 0 Å². The van der Waals surface area contributed by atoms with Crippen molar-refractivity contribution in [2.45, 2.75) is 38.7 Å². The highest BCUT2D eigenvalue weighted by Crippen LogP contribution is 2.37. The Hall–Kier alpha value is -2.37. The number of nitrogens with one attached hydrogen (secondary N) is 2. The van der Waals surface area contributed by atoms with E-state index in [-0.39, 0.29) is 23.7 Å². The Kier molecular flexibility index (Phi) is 3.37. The monoisotopic (exact) mass is 286 g/mol. The molecule has 0 aliphatic carbocycles. The fourth-order valence-corrected chi connectivity index (χ4v) is 2.42. The number of hydrogen-bond acceptors (Lipinski definition) is 4. The van der Waals surface area contributed by atoms with Crippen molar-refractivity contribution in [3.8, 4) is 5.75 Å². The van der Waals surface area contributed by atoms with Gasteiger partial charge in [0.25, 0.3) is 5.91 Å². The quantitative estimate of drug-likeness (QED) is 0.908. The third kappa shape index (κ3) is 2.49. The van der Waals surface area contributed by atoms with Gasteiger partial charge in [0.2, 0.25) is 5.95 Å². The van der Waals surface area contributed by atoms with E-state index in [9.17, 15) is 4.79 Å². The van der Waals surface area contributed by atoms with E-state index < -0.39 is 6.10 Å². The lowest BCUT2D eigenvalue weighted by Crippen LogP contribution is -2.33. The van der Waals surface area contributed by atoms with Gasteiger partial charge < -0.3 is 4.74 Å². The lowest BCUT2D eigenvalue weighted by atomic mass is 9.97. The maximum absolute atomic E-state index is 12.3. The summed E-state index contributed by atoms with van der Waals surface area (Å²) in [7, 11) is 0. The zero-order valence-electron chi connectivity index (χ0n) is 12.3. The molecular weight excluding hydrogens is 268 g/mol. The lowest BCUT2D eigenvalue weighted by molar-refractivity contribution is -0.122. The number of rotatable bonds is 3. The van der Waals surface area contributed by atoms with Gasteiger partial charge >= 0.3 is 0 Å². The van der Waals surface area contributed by atoms with E-state index in [4.69, 9.17) is 4.74 Å². The Morgan fingerprint density at radius 3 is 2.81 bits per heavy atom. The molecule has 0 saturated heterocycles. The van der Waals surface area contributed by atoms with Crippen molar-refractivity contribution in [2.24, 2.45) is 0 Å². The average Bonchev–Trinajstić information content (AvgIpc) is 3.05. The molecule has 1 aliphatic heterocycles. The number of benzene rings is 1. The number of anilines is 1. The predicted molar refractivity (Wildman–Crippen MR) is 78.4 cm³/mol. The third-order valence-electron chi connectivity index (χ3n) is 3.66. The van der Waals surface area contributed by atoms with Gasteiger partial charge in [0.15, 0.2) is 6.10 Å². The molecule has 1 aliphatic rings. The molecule has 0 spiro atoms. The smallest absolute Gasteiger partial charge is 0.268 e. The summed E-state index contributed by atoms with van der Waals surface area (Å²) >= 11 is 0. The number of aromatic amines is 1. The molecule has 6 nitrogen and oxygen atoms in total. The minimum Gasteiger partial charge on any atom is -0.480 e. The van der Waals surface area contributed by atoms with Crippen molar-refractivity contribution >= 4 is 11.9 Å². The molecular formula is C15H18N4O2. The average molecular weight is 286 g/mol. The van der Waals surface area contributed by atoms with Gasteiger partial charge in [0, 0.05) is 17.4 Å². The standard InChI is InChI=1S/C15H18N4O2/c1-8(2)13-16-15(19-18-13)17-14(20)12-9(3)10-6-4-5-7-11(10)21-12/h4-9,12H,1-3H3,(H2,16,17,18,19,20)/t9-,12-/m1/s1. The van der Waals surface area contributed by atoms with E-state index in [1.54, 1.807) is 0 Å². The van der Waals surface area contributed by atoms with E-state index in [1.165, 1.54) is 0 Å². The Morgan fingerprint density at radius 1 is 1.38 bits per heavy atom. The number of hydrogen-bond donors (Lipinski definition) is 2. The highest BCUT2D eigenvalue weighted by molar-refractivity contribution is 5.94. The van der Waals surface area contributed by atoms with Gasteiger partial charge in [-0.05, 0) is 6.07 Å². The summed E-state index contributed by atoms with van der Waals surface area (Å²) in [5.41, 5.74) is 1.05. The first-order valence-electron chi connectivity index (χ1n) is 7.05. The first kappa shape index (κ1) is 13.6. The number of H-pyrrole nitrogens is 1. The molecule has 0 saturated carbocycles. The number of amides is 1. The second kappa shape index (κ2) is 5.20. The molecule has 2 aromatic rings. The van der Waals surface area contributed by atoms with Crippen LogP contribution in [0, 0.1) is 0 Å². The van der Waals surface area contributed by atoms with Crippen LogP contribution in [0.1, 0.15) is 44.0 Å². The van der Waals surface area contributed by atoms with Gasteiger partial charge in [-0.3, -0.25) is 15.2 Å². The molecule has 2 atom stereocenters. The topological polar surface area (TPSA) is 79.9 Å². The molecule has 0 bridgehead atoms. The maximum Gasteiger partial charge on any atom is 0.268 e. The fourth-order valence-electron chi connectivity index (χ4n) is 2.42. The molecule has 1 amide bonds. The van der Waals surface area contributed by atoms with Crippen LogP contribution in [0.3, 0.4) is 0 Å². The Labute approximate surface area is 122 Å². The van der Waals surface area contributed by atoms with Crippen molar-refractivity contribution in [3.63, 3.8) is 0 Å². The summed E-state index contributed by atoms with van der Waals surface area (Å²) in [5.74, 6) is 1.80. The van der Waals surface area contributed by atoms with Crippen LogP contribution in [-0.2, 0) is 4.79 Å². The van der Waals surface area contributed by atoms with Crippen LogP contribution in [0.2, 0.25) is 0 Å². The predicted octanol–water partition coefficient (Wildman–Crippen LogP) is 2.43. The van der Waals surface area contributed by atoms with Crippen LogP contribution in [0.4, 0.5) is 5.95 Å². The van der Waals surface area contributed by atoms with E-state index in [0.29, 0.717) is 0 Å². The van der Waals surface area contributed by atoms with Gasteiger partial charge in [-0.15, -0.1) is 5.10 Å². The summed E-state index contributed by atoms with van der Waals surface area (Å²) in [4.78, 5) is 16.6. The van der Waals surface area contributed by atoms with Crippen molar-refractivity contribution in [2.75, 3.05) is 5.32 Å². The van der Waals surface area contributed by atoms with E-state index in [0.717, 1.165) is 17.1 Å². The molecule has 0 fully saturated rings. The number of nitrogens with zero attached hydrogens (tertiary/aromatic N) is 2. The van der Waals surface area contributed by atoms with Gasteiger partial charge in [0.05, 0.1) is 0 Å². The Balaban J connectivity index is 1.72. The van der Waals surface area contributed by atoms with Crippen LogP contribution < -0.4 is 10.1 Å². The second-order valence-corrected chi connectivity index (χ2v) is 5.55. The van der Waals surface area contributed by atoms with Gasteiger partial charge in [-0.1, -0.05) is 39.0 Å². The summed E-state index contributed by atoms with van der Waals surface area (Å²) in [6.07, 6.45) is -0.552.